The topological polar surface area (TPSA) is 49.7 Å². The summed E-state index contributed by atoms with van der Waals surface area (Å²) in [5, 5.41) is 19.0. The molecule has 2 atom stereocenters. The van der Waals surface area contributed by atoms with Crippen LogP contribution < -0.4 is 0 Å². The Morgan fingerprint density at radius 2 is 1.12 bits per heavy atom. The molecule has 0 heterocycles. The molecule has 0 bridgehead atoms. The minimum atomic E-state index is -0.341. The molecule has 3 heteroatoms. The monoisotopic (exact) mass is 344 g/mol. The zero-order chi connectivity index (χ0) is 17.9. The van der Waals surface area contributed by atoms with Gasteiger partial charge in [-0.3, -0.25) is 0 Å². The molecule has 2 unspecified atom stereocenters. The fourth-order valence-corrected chi connectivity index (χ4v) is 3.03. The van der Waals surface area contributed by atoms with E-state index in [1.54, 1.807) is 6.92 Å². The molecule has 0 fully saturated rings. The van der Waals surface area contributed by atoms with E-state index < -0.39 is 0 Å². The third-order valence-corrected chi connectivity index (χ3v) is 4.58. The van der Waals surface area contributed by atoms with E-state index in [-0.39, 0.29) is 12.2 Å². The van der Waals surface area contributed by atoms with Crippen LogP contribution in [-0.2, 0) is 4.74 Å². The van der Waals surface area contributed by atoms with Crippen LogP contribution in [0.2, 0.25) is 0 Å². The van der Waals surface area contributed by atoms with Gasteiger partial charge in [0.25, 0.3) is 0 Å². The Morgan fingerprint density at radius 3 is 1.62 bits per heavy atom. The highest BCUT2D eigenvalue weighted by Gasteiger charge is 2.03. The predicted molar refractivity (Wildman–Crippen MR) is 103 cm³/mol. The smallest absolute Gasteiger partial charge is 0.0745 e. The Balaban J connectivity index is 3.09. The molecule has 24 heavy (non-hydrogen) atoms. The third kappa shape index (κ3) is 19.9. The molecule has 0 saturated carbocycles. The molecule has 146 valence electrons. The minimum Gasteiger partial charge on any atom is -0.393 e. The number of aliphatic hydroxyl groups is 2. The first-order chi connectivity index (χ1) is 11.7. The van der Waals surface area contributed by atoms with Crippen LogP contribution in [0, 0.1) is 0 Å². The van der Waals surface area contributed by atoms with Crippen molar-refractivity contribution in [2.45, 2.75) is 122 Å². The predicted octanol–water partition coefficient (Wildman–Crippen LogP) is 5.62. The molecule has 0 aliphatic heterocycles. The number of rotatable bonds is 19. The normalized spacial score (nSPS) is 14.0. The summed E-state index contributed by atoms with van der Waals surface area (Å²) in [6, 6.07) is 0. The van der Waals surface area contributed by atoms with E-state index in [0.29, 0.717) is 6.61 Å². The fraction of sp³-hybridized carbons (Fsp3) is 1.00. The van der Waals surface area contributed by atoms with Gasteiger partial charge in [0.1, 0.15) is 0 Å². The molecule has 0 aliphatic rings. The van der Waals surface area contributed by atoms with Crippen molar-refractivity contribution in [2.24, 2.45) is 0 Å². The van der Waals surface area contributed by atoms with Gasteiger partial charge in [0, 0.05) is 6.61 Å². The zero-order valence-electron chi connectivity index (χ0n) is 16.5. The summed E-state index contributed by atoms with van der Waals surface area (Å²) in [5.41, 5.74) is 0. The highest BCUT2D eigenvalue weighted by molar-refractivity contribution is 4.57. The second-order valence-electron chi connectivity index (χ2n) is 7.40. The summed E-state index contributed by atoms with van der Waals surface area (Å²) in [6.07, 6.45) is 18.1. The van der Waals surface area contributed by atoms with E-state index >= 15 is 0 Å². The Labute approximate surface area is 151 Å². The first kappa shape index (κ1) is 23.9. The lowest BCUT2D eigenvalue weighted by Crippen LogP contribution is -2.10. The Morgan fingerprint density at radius 1 is 0.667 bits per heavy atom. The van der Waals surface area contributed by atoms with Gasteiger partial charge in [-0.2, -0.15) is 0 Å². The Bertz CT molecular complexity index is 231. The molecule has 0 aromatic heterocycles. The second kappa shape index (κ2) is 19.2. The molecule has 0 amide bonds. The fourth-order valence-electron chi connectivity index (χ4n) is 3.03. The molecule has 0 aliphatic carbocycles. The number of ether oxygens (including phenoxy) is 1. The van der Waals surface area contributed by atoms with E-state index in [1.165, 1.54) is 77.0 Å². The van der Waals surface area contributed by atoms with E-state index in [0.717, 1.165) is 25.9 Å². The lowest BCUT2D eigenvalue weighted by atomic mass is 10.0. The molecule has 0 aromatic rings. The molecular weight excluding hydrogens is 300 g/mol. The van der Waals surface area contributed by atoms with Crippen LogP contribution in [-0.4, -0.2) is 35.6 Å². The minimum absolute atomic E-state index is 0.0575. The van der Waals surface area contributed by atoms with E-state index in [9.17, 15) is 5.11 Å². The number of hydrogen-bond acceptors (Lipinski definition) is 3. The van der Waals surface area contributed by atoms with Gasteiger partial charge in [0.2, 0.25) is 0 Å². The zero-order valence-corrected chi connectivity index (χ0v) is 16.5. The summed E-state index contributed by atoms with van der Waals surface area (Å²) >= 11 is 0. The summed E-state index contributed by atoms with van der Waals surface area (Å²) in [7, 11) is 0. The summed E-state index contributed by atoms with van der Waals surface area (Å²) in [4.78, 5) is 0. The molecular formula is C21H44O3. The maximum absolute atomic E-state index is 9.92. The molecule has 3 nitrogen and oxygen atoms in total. The van der Waals surface area contributed by atoms with Crippen molar-refractivity contribution >= 4 is 0 Å². The average molecular weight is 345 g/mol. The van der Waals surface area contributed by atoms with Crippen LogP contribution in [0.3, 0.4) is 0 Å². The van der Waals surface area contributed by atoms with E-state index in [2.05, 4.69) is 6.92 Å². The molecule has 0 saturated heterocycles. The van der Waals surface area contributed by atoms with Gasteiger partial charge in [0.15, 0.2) is 0 Å². The second-order valence-corrected chi connectivity index (χ2v) is 7.40. The summed E-state index contributed by atoms with van der Waals surface area (Å²) in [6.45, 7) is 5.23. The highest BCUT2D eigenvalue weighted by Crippen LogP contribution is 2.14. The largest absolute Gasteiger partial charge is 0.393 e. The van der Waals surface area contributed by atoms with Crippen molar-refractivity contribution in [3.8, 4) is 0 Å². The number of unbranched alkanes of at least 4 members (excludes halogenated alkanes) is 11. The van der Waals surface area contributed by atoms with Gasteiger partial charge < -0.3 is 14.9 Å². The summed E-state index contributed by atoms with van der Waals surface area (Å²) < 4.78 is 5.35. The first-order valence-corrected chi connectivity index (χ1v) is 10.6. The van der Waals surface area contributed by atoms with Crippen molar-refractivity contribution in [3.63, 3.8) is 0 Å². The van der Waals surface area contributed by atoms with Crippen LogP contribution in [0.15, 0.2) is 0 Å². The molecule has 0 aromatic carbocycles. The maximum Gasteiger partial charge on any atom is 0.0745 e. The van der Waals surface area contributed by atoms with Gasteiger partial charge in [-0.1, -0.05) is 84.0 Å². The quantitative estimate of drug-likeness (QED) is 0.299. The molecule has 2 N–H and O–H groups in total. The van der Waals surface area contributed by atoms with Crippen LogP contribution in [0.1, 0.15) is 110 Å². The standard InChI is InChI=1S/C21H44O3/c1-3-4-5-13-16-21(23)17-14-11-9-7-6-8-10-12-15-18-24-19-20(2)22/h20-23H,3-19H2,1-2H3. The first-order valence-electron chi connectivity index (χ1n) is 10.6. The molecule has 0 rings (SSSR count). The van der Waals surface area contributed by atoms with Crippen molar-refractivity contribution < 1.29 is 14.9 Å². The molecule has 0 radical (unpaired) electrons. The molecule has 0 spiro atoms. The van der Waals surface area contributed by atoms with Gasteiger partial charge in [-0.15, -0.1) is 0 Å². The average Bonchev–Trinajstić information content (AvgIpc) is 2.55. The van der Waals surface area contributed by atoms with Crippen molar-refractivity contribution in [2.75, 3.05) is 13.2 Å². The van der Waals surface area contributed by atoms with Gasteiger partial charge in [-0.05, 0) is 26.2 Å². The van der Waals surface area contributed by atoms with Crippen molar-refractivity contribution in [1.82, 2.24) is 0 Å². The lowest BCUT2D eigenvalue weighted by Gasteiger charge is -2.10. The third-order valence-electron chi connectivity index (χ3n) is 4.58. The van der Waals surface area contributed by atoms with Crippen LogP contribution in [0.4, 0.5) is 0 Å². The Kier molecular flexibility index (Phi) is 19.1. The highest BCUT2D eigenvalue weighted by atomic mass is 16.5. The van der Waals surface area contributed by atoms with E-state index in [1.807, 2.05) is 0 Å². The Hall–Kier alpha value is -0.120. The van der Waals surface area contributed by atoms with Gasteiger partial charge in [0.05, 0.1) is 18.8 Å². The lowest BCUT2D eigenvalue weighted by molar-refractivity contribution is 0.0445. The maximum atomic E-state index is 9.92. The number of aliphatic hydroxyl groups excluding tert-OH is 2. The van der Waals surface area contributed by atoms with Gasteiger partial charge in [-0.25, -0.2) is 0 Å². The van der Waals surface area contributed by atoms with Crippen molar-refractivity contribution in [1.29, 1.82) is 0 Å². The van der Waals surface area contributed by atoms with Gasteiger partial charge >= 0.3 is 0 Å². The SMILES string of the molecule is CCCCCCC(O)CCCCCCCCCCCOCC(C)O. The number of hydrogen-bond donors (Lipinski definition) is 2. The summed E-state index contributed by atoms with van der Waals surface area (Å²) in [5.74, 6) is 0. The van der Waals surface area contributed by atoms with Crippen molar-refractivity contribution in [3.05, 3.63) is 0 Å². The van der Waals surface area contributed by atoms with Crippen LogP contribution >= 0.6 is 0 Å². The van der Waals surface area contributed by atoms with Crippen LogP contribution in [0.25, 0.3) is 0 Å². The van der Waals surface area contributed by atoms with E-state index in [4.69, 9.17) is 9.84 Å². The van der Waals surface area contributed by atoms with Crippen LogP contribution in [0.5, 0.6) is 0 Å².